The number of carbonyl (C=O) groups excluding carboxylic acids is 1. The molecule has 0 fully saturated rings. The largest absolute Gasteiger partial charge is 0.343 e. The molecule has 2 N–H and O–H groups in total. The molecular formula is C17H19N5O2S2. The van der Waals surface area contributed by atoms with Gasteiger partial charge in [-0.1, -0.05) is 17.8 Å². The topological polar surface area (TPSA) is 95.8 Å². The number of ketones is 1. The van der Waals surface area contributed by atoms with Crippen LogP contribution in [0.15, 0.2) is 33.5 Å². The number of Topliss-reactive ketones (excluding diaryl/α,β-unsaturated/α-hetero) is 1. The summed E-state index contributed by atoms with van der Waals surface area (Å²) in [5, 5.41) is 9.93. The molecule has 3 aromatic heterocycles. The quantitative estimate of drug-likeness (QED) is 0.394. The number of rotatable bonds is 6. The van der Waals surface area contributed by atoms with Gasteiger partial charge in [0.1, 0.15) is 5.69 Å². The molecule has 0 spiro atoms. The highest BCUT2D eigenvalue weighted by Crippen LogP contribution is 2.22. The first-order valence-corrected chi connectivity index (χ1v) is 9.81. The van der Waals surface area contributed by atoms with Crippen LogP contribution in [-0.4, -0.2) is 31.0 Å². The highest BCUT2D eigenvalue weighted by molar-refractivity contribution is 7.99. The van der Waals surface area contributed by atoms with Crippen molar-refractivity contribution < 1.29 is 4.79 Å². The average Bonchev–Trinajstić information content (AvgIpc) is 3.22. The Balaban J connectivity index is 1.76. The first kappa shape index (κ1) is 18.4. The lowest BCUT2D eigenvalue weighted by Crippen LogP contribution is -2.32. The van der Waals surface area contributed by atoms with Gasteiger partial charge in [0.15, 0.2) is 5.78 Å². The molecule has 0 amide bonds. The predicted molar refractivity (Wildman–Crippen MR) is 104 cm³/mol. The van der Waals surface area contributed by atoms with Crippen LogP contribution in [0, 0.1) is 20.8 Å². The lowest BCUT2D eigenvalue weighted by molar-refractivity contribution is 0.102. The summed E-state index contributed by atoms with van der Waals surface area (Å²) in [6.07, 6.45) is 0. The molecule has 7 nitrogen and oxygen atoms in total. The second-order valence-electron chi connectivity index (χ2n) is 5.91. The first-order valence-electron chi connectivity index (χ1n) is 7.95. The molecule has 0 aliphatic rings. The minimum Gasteiger partial charge on any atom is -0.343 e. The van der Waals surface area contributed by atoms with Gasteiger partial charge in [0.2, 0.25) is 5.16 Å². The van der Waals surface area contributed by atoms with Gasteiger partial charge in [-0.25, -0.2) is 0 Å². The fourth-order valence-corrected chi connectivity index (χ4v) is 4.09. The number of hydrogen-bond donors (Lipinski definition) is 1. The number of nitrogen functional groups attached to an aromatic ring is 1. The van der Waals surface area contributed by atoms with Crippen molar-refractivity contribution in [2.75, 3.05) is 11.6 Å². The number of nitrogens with two attached hydrogens (primary N) is 1. The van der Waals surface area contributed by atoms with Crippen LogP contribution in [0.3, 0.4) is 0 Å². The van der Waals surface area contributed by atoms with E-state index in [0.29, 0.717) is 5.56 Å². The molecule has 0 aliphatic carbocycles. The predicted octanol–water partition coefficient (Wildman–Crippen LogP) is 2.16. The lowest BCUT2D eigenvalue weighted by atomic mass is 10.2. The summed E-state index contributed by atoms with van der Waals surface area (Å²) >= 11 is 2.80. The molecule has 3 aromatic rings. The van der Waals surface area contributed by atoms with E-state index >= 15 is 0 Å². The smallest absolute Gasteiger partial charge is 0.294 e. The van der Waals surface area contributed by atoms with Gasteiger partial charge in [-0.15, -0.1) is 21.5 Å². The van der Waals surface area contributed by atoms with Gasteiger partial charge in [-0.2, -0.15) is 4.68 Å². The second-order valence-corrected chi connectivity index (χ2v) is 7.88. The fourth-order valence-electron chi connectivity index (χ4n) is 2.66. The highest BCUT2D eigenvalue weighted by atomic mass is 32.2. The highest BCUT2D eigenvalue weighted by Gasteiger charge is 2.18. The van der Waals surface area contributed by atoms with Crippen molar-refractivity contribution in [2.45, 2.75) is 32.5 Å². The molecule has 9 heteroatoms. The van der Waals surface area contributed by atoms with Crippen LogP contribution in [0.2, 0.25) is 0 Å². The second kappa shape index (κ2) is 7.46. The fraction of sp³-hybridized carbons (Fsp3) is 0.294. The third kappa shape index (κ3) is 3.58. The van der Waals surface area contributed by atoms with Gasteiger partial charge in [-0.05, 0) is 38.3 Å². The summed E-state index contributed by atoms with van der Waals surface area (Å²) in [5.74, 6) is 5.81. The summed E-state index contributed by atoms with van der Waals surface area (Å²) in [6, 6.07) is 6.01. The van der Waals surface area contributed by atoms with Crippen LogP contribution >= 0.6 is 23.1 Å². The van der Waals surface area contributed by atoms with Crippen LogP contribution < -0.4 is 11.4 Å². The molecule has 3 heterocycles. The van der Waals surface area contributed by atoms with E-state index in [2.05, 4.69) is 20.8 Å². The van der Waals surface area contributed by atoms with Crippen molar-refractivity contribution in [1.29, 1.82) is 0 Å². The SMILES string of the molecule is Cc1nnc(SCC(=O)c2cc(C)n(Cc3cccs3)c2C)n(N)c1=O. The van der Waals surface area contributed by atoms with Gasteiger partial charge in [0, 0.05) is 21.8 Å². The molecule has 0 aliphatic heterocycles. The van der Waals surface area contributed by atoms with E-state index in [-0.39, 0.29) is 22.4 Å². The van der Waals surface area contributed by atoms with Gasteiger partial charge < -0.3 is 10.4 Å². The third-order valence-electron chi connectivity index (χ3n) is 4.12. The Morgan fingerprint density at radius 2 is 2.08 bits per heavy atom. The molecule has 0 atom stereocenters. The molecule has 0 unspecified atom stereocenters. The Morgan fingerprint density at radius 1 is 1.31 bits per heavy atom. The maximum atomic E-state index is 12.7. The molecule has 0 saturated heterocycles. The Hall–Kier alpha value is -2.39. The summed E-state index contributed by atoms with van der Waals surface area (Å²) in [6.45, 7) is 6.23. The van der Waals surface area contributed by atoms with Crippen molar-refractivity contribution in [3.63, 3.8) is 0 Å². The Kier molecular flexibility index (Phi) is 5.28. The molecule has 26 heavy (non-hydrogen) atoms. The van der Waals surface area contributed by atoms with Crippen LogP contribution in [0.4, 0.5) is 0 Å². The van der Waals surface area contributed by atoms with E-state index in [0.717, 1.165) is 34.4 Å². The van der Waals surface area contributed by atoms with E-state index in [1.165, 1.54) is 4.88 Å². The summed E-state index contributed by atoms with van der Waals surface area (Å²) < 4.78 is 3.06. The number of thioether (sulfide) groups is 1. The van der Waals surface area contributed by atoms with Crippen molar-refractivity contribution in [2.24, 2.45) is 0 Å². The Bertz CT molecular complexity index is 1010. The molecule has 0 radical (unpaired) electrons. The van der Waals surface area contributed by atoms with Crippen LogP contribution in [-0.2, 0) is 6.54 Å². The maximum absolute atomic E-state index is 12.7. The minimum absolute atomic E-state index is 0.0321. The van der Waals surface area contributed by atoms with Crippen molar-refractivity contribution >= 4 is 28.9 Å². The molecule has 0 aromatic carbocycles. The number of carbonyl (C=O) groups is 1. The molecule has 136 valence electrons. The number of hydrogen-bond acceptors (Lipinski definition) is 7. The van der Waals surface area contributed by atoms with Crippen molar-refractivity contribution in [3.05, 3.63) is 61.5 Å². The molecule has 0 saturated carbocycles. The first-order chi connectivity index (χ1) is 12.4. The standard InChI is InChI=1S/C17H19N5O2S2/c1-10-7-14(12(3)21(10)8-13-5-4-6-25-13)15(23)9-26-17-20-19-11(2)16(24)22(17)18/h4-7H,8-9,18H2,1-3H3. The van der Waals surface area contributed by atoms with E-state index in [1.807, 2.05) is 31.4 Å². The lowest BCUT2D eigenvalue weighted by Gasteiger charge is -2.08. The normalized spacial score (nSPS) is 11.0. The number of thiophene rings is 1. The van der Waals surface area contributed by atoms with E-state index in [1.54, 1.807) is 18.3 Å². The Morgan fingerprint density at radius 3 is 2.77 bits per heavy atom. The molecular weight excluding hydrogens is 370 g/mol. The zero-order valence-corrected chi connectivity index (χ0v) is 16.4. The molecule has 0 bridgehead atoms. The Labute approximate surface area is 158 Å². The zero-order valence-electron chi connectivity index (χ0n) is 14.7. The van der Waals surface area contributed by atoms with Crippen LogP contribution in [0.5, 0.6) is 0 Å². The van der Waals surface area contributed by atoms with Gasteiger partial charge in [0.25, 0.3) is 5.56 Å². The third-order valence-corrected chi connectivity index (χ3v) is 5.92. The number of nitrogens with zero attached hydrogens (tertiary/aromatic N) is 4. The van der Waals surface area contributed by atoms with Crippen molar-refractivity contribution in [3.8, 4) is 0 Å². The van der Waals surface area contributed by atoms with Crippen LogP contribution in [0.1, 0.15) is 32.3 Å². The summed E-state index contributed by atoms with van der Waals surface area (Å²) in [7, 11) is 0. The minimum atomic E-state index is -0.413. The summed E-state index contributed by atoms with van der Waals surface area (Å²) in [4.78, 5) is 25.7. The maximum Gasteiger partial charge on any atom is 0.294 e. The number of aromatic nitrogens is 4. The van der Waals surface area contributed by atoms with Gasteiger partial charge in [0.05, 0.1) is 12.3 Å². The van der Waals surface area contributed by atoms with Gasteiger partial charge >= 0.3 is 0 Å². The summed E-state index contributed by atoms with van der Waals surface area (Å²) in [5.41, 5.74) is 2.46. The average molecular weight is 390 g/mol. The molecule has 3 rings (SSSR count). The van der Waals surface area contributed by atoms with Crippen LogP contribution in [0.25, 0.3) is 0 Å². The monoisotopic (exact) mass is 389 g/mol. The van der Waals surface area contributed by atoms with E-state index < -0.39 is 5.56 Å². The van der Waals surface area contributed by atoms with E-state index in [4.69, 9.17) is 5.84 Å². The van der Waals surface area contributed by atoms with Gasteiger partial charge in [-0.3, -0.25) is 9.59 Å². The zero-order chi connectivity index (χ0) is 18.8. The van der Waals surface area contributed by atoms with E-state index in [9.17, 15) is 9.59 Å². The number of aryl methyl sites for hydroxylation is 2. The van der Waals surface area contributed by atoms with Crippen molar-refractivity contribution in [1.82, 2.24) is 19.4 Å².